The number of rotatable bonds is 8. The van der Waals surface area contributed by atoms with Crippen LogP contribution in [0.25, 0.3) is 11.0 Å². The fourth-order valence-electron chi connectivity index (χ4n) is 2.92. The van der Waals surface area contributed by atoms with Gasteiger partial charge < -0.3 is 35.2 Å². The van der Waals surface area contributed by atoms with Gasteiger partial charge in [0.2, 0.25) is 11.6 Å². The molecule has 3 rings (SSSR count). The maximum Gasteiger partial charge on any atom is 0.490 e. The molecule has 3 heterocycles. The van der Waals surface area contributed by atoms with Gasteiger partial charge in [-0.25, -0.2) is 22.5 Å². The van der Waals surface area contributed by atoms with Crippen molar-refractivity contribution in [3.63, 3.8) is 0 Å². The van der Waals surface area contributed by atoms with Gasteiger partial charge in [-0.15, -0.1) is 6.42 Å². The van der Waals surface area contributed by atoms with Crippen LogP contribution in [0.15, 0.2) is 11.0 Å². The lowest BCUT2D eigenvalue weighted by atomic mass is 9.97. The number of H-pyrrole nitrogens is 1. The average Bonchev–Trinajstić information content (AvgIpc) is 3.12. The van der Waals surface area contributed by atoms with E-state index in [0.717, 1.165) is 0 Å². The highest BCUT2D eigenvalue weighted by atomic mass is 31.3. The molecule has 8 N–H and O–H groups in total. The molecule has 1 aliphatic rings. The highest BCUT2D eigenvalue weighted by Crippen LogP contribution is 2.66. The summed E-state index contributed by atoms with van der Waals surface area (Å²) in [5.74, 6) is -0.395. The molecule has 0 radical (unpaired) electrons. The Hall–Kier alpha value is -2.03. The maximum absolute atomic E-state index is 15.7. The topological polar surface area (TPSA) is 266 Å². The highest BCUT2D eigenvalue weighted by molar-refractivity contribution is 7.66. The highest BCUT2D eigenvalue weighted by Gasteiger charge is 2.58. The number of aliphatic hydroxyl groups excluding tert-OH is 1. The summed E-state index contributed by atoms with van der Waals surface area (Å²) in [6.07, 6.45) is -2.24. The number of hydrogen-bond acceptors (Lipinski definition) is 11. The molecule has 35 heavy (non-hydrogen) atoms. The summed E-state index contributed by atoms with van der Waals surface area (Å²) in [4.78, 5) is 53.5. The number of hydrogen-bond donors (Lipinski definition) is 7. The molecule has 0 saturated carbocycles. The lowest BCUT2D eigenvalue weighted by molar-refractivity contribution is -0.0495. The standard InChI is InChI=1S/C13H15F2N4O13P3/c1-2-13(15)8(20)6(4-29-34(25,26)32-35(27,28)31-33(22,23)24)30-11(13)19-3-5(14)7-9(19)17-12(16)18-10(7)21/h1,3,6,8,11,20H,4H2,(H,25,26)(H,27,28)(H2,22,23,24)(H3,16,17,18,21)/t6-,8+,11-,13?/m1/s1/i4D2. The number of aromatic nitrogens is 3. The van der Waals surface area contributed by atoms with Crippen LogP contribution in [0.3, 0.4) is 0 Å². The number of phosphoric acid groups is 3. The second kappa shape index (κ2) is 9.12. The van der Waals surface area contributed by atoms with Crippen LogP contribution in [0, 0.1) is 18.2 Å². The van der Waals surface area contributed by atoms with Crippen molar-refractivity contribution in [2.45, 2.75) is 24.1 Å². The molecule has 0 amide bonds. The number of anilines is 1. The van der Waals surface area contributed by atoms with Crippen LogP contribution in [0.2, 0.25) is 0 Å². The van der Waals surface area contributed by atoms with Crippen LogP contribution < -0.4 is 11.3 Å². The third-order valence-corrected chi connectivity index (χ3v) is 7.84. The third kappa shape index (κ3) is 5.70. The van der Waals surface area contributed by atoms with Gasteiger partial charge >= 0.3 is 23.5 Å². The van der Waals surface area contributed by atoms with Crippen LogP contribution in [0.1, 0.15) is 8.97 Å². The van der Waals surface area contributed by atoms with Crippen molar-refractivity contribution in [2.24, 2.45) is 0 Å². The zero-order chi connectivity index (χ0) is 28.4. The van der Waals surface area contributed by atoms with Gasteiger partial charge in [0, 0.05) is 6.20 Å². The second-order valence-corrected chi connectivity index (χ2v) is 10.9. The minimum atomic E-state index is -6.15. The van der Waals surface area contributed by atoms with E-state index in [1.807, 2.05) is 4.98 Å². The van der Waals surface area contributed by atoms with Gasteiger partial charge in [-0.3, -0.25) is 18.9 Å². The molecule has 17 nitrogen and oxygen atoms in total. The number of aromatic amines is 1. The first-order valence-electron chi connectivity index (χ1n) is 9.53. The summed E-state index contributed by atoms with van der Waals surface area (Å²) in [6, 6.07) is 0. The van der Waals surface area contributed by atoms with Crippen LogP contribution in [0.5, 0.6) is 0 Å². The summed E-state index contributed by atoms with van der Waals surface area (Å²) < 4.78 is 96.4. The van der Waals surface area contributed by atoms with Crippen LogP contribution in [-0.4, -0.2) is 63.7 Å². The first kappa shape index (κ1) is 24.7. The number of nitrogens with two attached hydrogens (primary N) is 1. The van der Waals surface area contributed by atoms with Gasteiger partial charge in [-0.1, -0.05) is 5.92 Å². The Morgan fingerprint density at radius 1 is 1.34 bits per heavy atom. The Labute approximate surface area is 194 Å². The number of nitrogens with zero attached hydrogens (tertiary/aromatic N) is 2. The quantitative estimate of drug-likeness (QED) is 0.155. The van der Waals surface area contributed by atoms with E-state index >= 15 is 4.39 Å². The van der Waals surface area contributed by atoms with Gasteiger partial charge in [-0.05, 0) is 0 Å². The van der Waals surface area contributed by atoms with Crippen molar-refractivity contribution >= 4 is 40.4 Å². The number of ether oxygens (including phenoxy) is 1. The first-order chi connectivity index (χ1) is 16.6. The van der Waals surface area contributed by atoms with E-state index in [0.29, 0.717) is 10.8 Å². The lowest BCUT2D eigenvalue weighted by Crippen LogP contribution is -2.42. The Morgan fingerprint density at radius 2 is 1.97 bits per heavy atom. The Kier molecular flexibility index (Phi) is 6.43. The smallest absolute Gasteiger partial charge is 0.386 e. The SMILES string of the molecule is [2H]C([2H])(OP(=O)(O)OP(=O)(O)OP(=O)(O)O)[C@H]1O[C@@H](n2cc(F)c3c(=O)[nH]c(N)nc32)C(F)(C#C)[C@H]1O. The molecule has 3 unspecified atom stereocenters. The maximum atomic E-state index is 15.7. The Balaban J connectivity index is 1.99. The minimum Gasteiger partial charge on any atom is -0.386 e. The number of terminal acetylenes is 1. The Bertz CT molecular complexity index is 1490. The third-order valence-electron chi connectivity index (χ3n) is 4.18. The molecule has 2 aromatic heterocycles. The zero-order valence-electron chi connectivity index (χ0n) is 18.5. The van der Waals surface area contributed by atoms with Crippen molar-refractivity contribution in [2.75, 3.05) is 12.3 Å². The molecule has 6 atom stereocenters. The van der Waals surface area contributed by atoms with E-state index in [-0.39, 0.29) is 0 Å². The van der Waals surface area contributed by atoms with E-state index in [1.54, 1.807) is 0 Å². The molecule has 2 aromatic rings. The summed E-state index contributed by atoms with van der Waals surface area (Å²) in [5, 5.41) is 9.66. The van der Waals surface area contributed by atoms with E-state index in [2.05, 4.69) is 18.1 Å². The van der Waals surface area contributed by atoms with E-state index < -0.39 is 82.5 Å². The Morgan fingerprint density at radius 3 is 2.54 bits per heavy atom. The molecule has 0 spiro atoms. The predicted octanol–water partition coefficient (Wildman–Crippen LogP) is -0.611. The van der Waals surface area contributed by atoms with Crippen molar-refractivity contribution in [1.82, 2.24) is 14.5 Å². The molecule has 22 heteroatoms. The number of fused-ring (bicyclic) bond motifs is 1. The van der Waals surface area contributed by atoms with Gasteiger partial charge in [0.25, 0.3) is 5.56 Å². The van der Waals surface area contributed by atoms with Crippen molar-refractivity contribution in [3.8, 4) is 12.3 Å². The lowest BCUT2D eigenvalue weighted by Gasteiger charge is -2.24. The summed E-state index contributed by atoms with van der Waals surface area (Å²) in [6.45, 7) is -3.83. The minimum absolute atomic E-state index is 0.445. The number of phosphoric ester groups is 1. The zero-order valence-corrected chi connectivity index (χ0v) is 19.1. The van der Waals surface area contributed by atoms with E-state index in [4.69, 9.17) is 29.4 Å². The van der Waals surface area contributed by atoms with Gasteiger partial charge in [0.1, 0.15) is 17.6 Å². The van der Waals surface area contributed by atoms with Crippen LogP contribution in [0.4, 0.5) is 14.7 Å². The summed E-state index contributed by atoms with van der Waals surface area (Å²) in [7, 11) is -18.0. The second-order valence-electron chi connectivity index (χ2n) is 6.60. The number of aliphatic hydroxyl groups is 1. The first-order valence-corrected chi connectivity index (χ1v) is 13.1. The van der Waals surface area contributed by atoms with Gasteiger partial charge in [0.15, 0.2) is 17.7 Å². The molecular formula is C13H15F2N4O13P3. The number of alkyl halides is 1. The van der Waals surface area contributed by atoms with Gasteiger partial charge in [0.05, 0.1) is 9.30 Å². The van der Waals surface area contributed by atoms with E-state index in [1.165, 1.54) is 5.92 Å². The number of nitrogen functional groups attached to an aromatic ring is 1. The molecule has 1 fully saturated rings. The molecule has 1 aliphatic heterocycles. The largest absolute Gasteiger partial charge is 0.490 e. The predicted molar refractivity (Wildman–Crippen MR) is 107 cm³/mol. The monoisotopic (exact) mass is 568 g/mol. The summed E-state index contributed by atoms with van der Waals surface area (Å²) in [5.41, 5.74) is 0.165. The van der Waals surface area contributed by atoms with Crippen molar-refractivity contribution in [1.29, 1.82) is 0 Å². The molecule has 194 valence electrons. The summed E-state index contributed by atoms with van der Waals surface area (Å²) >= 11 is 0. The normalized spacial score (nSPS) is 29.7. The average molecular weight is 568 g/mol. The molecular weight excluding hydrogens is 551 g/mol. The number of halogens is 2. The van der Waals surface area contributed by atoms with Crippen molar-refractivity contribution in [3.05, 3.63) is 22.4 Å². The molecule has 0 aliphatic carbocycles. The number of nitrogens with one attached hydrogen (secondary N) is 1. The van der Waals surface area contributed by atoms with Gasteiger partial charge in [-0.2, -0.15) is 13.6 Å². The molecule has 0 aromatic carbocycles. The van der Waals surface area contributed by atoms with Crippen molar-refractivity contribution < 1.29 is 67.8 Å². The van der Waals surface area contributed by atoms with Crippen LogP contribution >= 0.6 is 23.5 Å². The fraction of sp³-hybridized carbons (Fsp3) is 0.385. The van der Waals surface area contributed by atoms with Crippen LogP contribution in [-0.2, 0) is 31.6 Å². The molecule has 1 saturated heterocycles. The fourth-order valence-corrected chi connectivity index (χ4v) is 5.79. The molecule has 0 bridgehead atoms. The van der Waals surface area contributed by atoms with E-state index in [9.17, 15) is 37.8 Å².